The summed E-state index contributed by atoms with van der Waals surface area (Å²) < 4.78 is 0. The van der Waals surface area contributed by atoms with Gasteiger partial charge >= 0.3 is 6.03 Å². The van der Waals surface area contributed by atoms with Crippen molar-refractivity contribution in [3.05, 3.63) is 41.3 Å². The maximum atomic E-state index is 13.0. The smallest absolute Gasteiger partial charge is 0.325 e. The maximum Gasteiger partial charge on any atom is 0.327 e. The summed E-state index contributed by atoms with van der Waals surface area (Å²) in [5.74, 6) is 0.0907. The third-order valence-corrected chi connectivity index (χ3v) is 5.94. The molecule has 1 fully saturated rings. The van der Waals surface area contributed by atoms with E-state index in [-0.39, 0.29) is 35.6 Å². The minimum absolute atomic E-state index is 0.0846. The molecule has 0 spiro atoms. The number of amides is 4. The first-order valence-corrected chi connectivity index (χ1v) is 10.6. The molecule has 0 aliphatic carbocycles. The van der Waals surface area contributed by atoms with Gasteiger partial charge < -0.3 is 10.2 Å². The molecule has 1 aromatic carbocycles. The number of rotatable bonds is 6. The Morgan fingerprint density at radius 3 is 2.64 bits per heavy atom. The molecule has 4 amide bonds. The molecule has 7 heteroatoms. The number of anilines is 1. The molecular weight excluding hydrogens is 374 g/mol. The minimum atomic E-state index is -0.391. The van der Waals surface area contributed by atoms with Gasteiger partial charge in [-0.2, -0.15) is 0 Å². The molecule has 0 saturated carbocycles. The van der Waals surface area contributed by atoms with Gasteiger partial charge in [-0.15, -0.1) is 11.8 Å². The van der Waals surface area contributed by atoms with E-state index in [0.29, 0.717) is 18.2 Å². The number of thioether (sulfide) groups is 1. The van der Waals surface area contributed by atoms with Crippen LogP contribution in [0.2, 0.25) is 0 Å². The van der Waals surface area contributed by atoms with Crippen LogP contribution >= 0.6 is 11.8 Å². The average molecular weight is 402 g/mol. The summed E-state index contributed by atoms with van der Waals surface area (Å²) in [6, 6.07) is 6.95. The van der Waals surface area contributed by atoms with E-state index in [2.05, 4.69) is 19.2 Å². The largest absolute Gasteiger partial charge is 0.327 e. The predicted molar refractivity (Wildman–Crippen MR) is 112 cm³/mol. The number of carbonyl (C=O) groups is 3. The Morgan fingerprint density at radius 1 is 1.21 bits per heavy atom. The highest BCUT2D eigenvalue weighted by Gasteiger charge is 2.47. The zero-order valence-corrected chi connectivity index (χ0v) is 17.5. The summed E-state index contributed by atoms with van der Waals surface area (Å²) >= 11 is 1.41. The molecule has 2 atom stereocenters. The third kappa shape index (κ3) is 4.24. The van der Waals surface area contributed by atoms with E-state index < -0.39 is 6.03 Å². The molecule has 0 aromatic heterocycles. The van der Waals surface area contributed by atoms with Gasteiger partial charge in [-0.05, 0) is 34.9 Å². The normalized spacial score (nSPS) is 21.6. The molecule has 2 heterocycles. The highest BCUT2D eigenvalue weighted by atomic mass is 32.2. The zero-order valence-electron chi connectivity index (χ0n) is 16.7. The molecule has 2 aliphatic rings. The van der Waals surface area contributed by atoms with Gasteiger partial charge in [-0.1, -0.05) is 45.9 Å². The highest BCUT2D eigenvalue weighted by molar-refractivity contribution is 8.03. The fourth-order valence-electron chi connectivity index (χ4n) is 3.43. The van der Waals surface area contributed by atoms with Crippen LogP contribution in [0.3, 0.4) is 0 Å². The molecule has 150 valence electrons. The van der Waals surface area contributed by atoms with E-state index in [4.69, 9.17) is 0 Å². The number of benzene rings is 1. The first-order valence-electron chi connectivity index (χ1n) is 9.62. The van der Waals surface area contributed by atoms with Gasteiger partial charge in [-0.3, -0.25) is 14.5 Å². The Morgan fingerprint density at radius 2 is 1.96 bits per heavy atom. The van der Waals surface area contributed by atoms with Crippen LogP contribution in [0.5, 0.6) is 0 Å². The second-order valence-corrected chi connectivity index (χ2v) is 9.01. The standard InChI is InChI=1S/C21H27N3O3S/c1-13(2)11-24-20(26)19-17(8-9-28-19)23(21(24)27)12-18(25)22-16-7-5-6-15(10-16)14(3)4/h5-10,13-14,17,19H,11-12H2,1-4H3,(H,22,25). The zero-order chi connectivity index (χ0) is 20.4. The maximum absolute atomic E-state index is 13.0. The fourth-order valence-corrected chi connectivity index (χ4v) is 4.49. The topological polar surface area (TPSA) is 69.7 Å². The Hall–Kier alpha value is -2.28. The molecular formula is C21H27N3O3S. The highest BCUT2D eigenvalue weighted by Crippen LogP contribution is 2.34. The van der Waals surface area contributed by atoms with Gasteiger partial charge in [0.1, 0.15) is 11.8 Å². The molecule has 0 bridgehead atoms. The lowest BCUT2D eigenvalue weighted by atomic mass is 10.0. The van der Waals surface area contributed by atoms with Crippen LogP contribution in [0.1, 0.15) is 39.2 Å². The molecule has 3 rings (SSSR count). The SMILES string of the molecule is CC(C)CN1C(=O)C2SC=CC2N(CC(=O)Nc2cccc(C(C)C)c2)C1=O. The lowest BCUT2D eigenvalue weighted by molar-refractivity contribution is -0.132. The number of nitrogens with zero attached hydrogens (tertiary/aromatic N) is 2. The second-order valence-electron chi connectivity index (χ2n) is 7.96. The number of urea groups is 1. The van der Waals surface area contributed by atoms with Crippen LogP contribution in [-0.2, 0) is 9.59 Å². The Balaban J connectivity index is 1.74. The molecule has 1 N–H and O–H groups in total. The predicted octanol–water partition coefficient (Wildman–Crippen LogP) is 3.67. The molecule has 1 saturated heterocycles. The van der Waals surface area contributed by atoms with Crippen LogP contribution < -0.4 is 5.32 Å². The number of imide groups is 1. The first kappa shape index (κ1) is 20.5. The Bertz CT molecular complexity index is 806. The van der Waals surface area contributed by atoms with E-state index in [1.54, 1.807) is 0 Å². The van der Waals surface area contributed by atoms with Gasteiger partial charge in [0.2, 0.25) is 11.8 Å². The van der Waals surface area contributed by atoms with Crippen molar-refractivity contribution < 1.29 is 14.4 Å². The number of hydrogen-bond acceptors (Lipinski definition) is 4. The van der Waals surface area contributed by atoms with Crippen molar-refractivity contribution in [2.24, 2.45) is 5.92 Å². The first-order chi connectivity index (χ1) is 13.3. The van der Waals surface area contributed by atoms with Gasteiger partial charge in [0.25, 0.3) is 0 Å². The van der Waals surface area contributed by atoms with Crippen molar-refractivity contribution >= 4 is 35.3 Å². The third-order valence-electron chi connectivity index (χ3n) is 4.86. The van der Waals surface area contributed by atoms with E-state index in [0.717, 1.165) is 5.56 Å². The van der Waals surface area contributed by atoms with Crippen molar-refractivity contribution in [2.45, 2.75) is 44.9 Å². The van der Waals surface area contributed by atoms with E-state index in [1.807, 2.05) is 49.6 Å². The molecule has 1 aromatic rings. The van der Waals surface area contributed by atoms with E-state index in [1.165, 1.54) is 21.6 Å². The lowest BCUT2D eigenvalue weighted by Gasteiger charge is -2.41. The van der Waals surface area contributed by atoms with Gasteiger partial charge in [0.05, 0.1) is 6.04 Å². The number of carbonyl (C=O) groups excluding carboxylic acids is 3. The summed E-state index contributed by atoms with van der Waals surface area (Å²) in [5, 5.41) is 4.36. The molecule has 2 unspecified atom stereocenters. The van der Waals surface area contributed by atoms with Crippen LogP contribution in [-0.4, -0.2) is 52.0 Å². The number of nitrogens with one attached hydrogen (secondary N) is 1. The summed E-state index contributed by atoms with van der Waals surface area (Å²) in [4.78, 5) is 41.1. The molecule has 2 aliphatic heterocycles. The number of fused-ring (bicyclic) bond motifs is 1. The van der Waals surface area contributed by atoms with Crippen LogP contribution in [0.15, 0.2) is 35.7 Å². The molecule has 28 heavy (non-hydrogen) atoms. The monoisotopic (exact) mass is 401 g/mol. The van der Waals surface area contributed by atoms with Crippen LogP contribution in [0.25, 0.3) is 0 Å². The molecule has 6 nitrogen and oxygen atoms in total. The summed E-state index contributed by atoms with van der Waals surface area (Å²) in [6.45, 7) is 8.39. The van der Waals surface area contributed by atoms with Crippen molar-refractivity contribution in [2.75, 3.05) is 18.4 Å². The summed E-state index contributed by atoms with van der Waals surface area (Å²) in [6.07, 6.45) is 1.84. The molecule has 0 radical (unpaired) electrons. The quantitative estimate of drug-likeness (QED) is 0.790. The van der Waals surface area contributed by atoms with Crippen LogP contribution in [0.4, 0.5) is 10.5 Å². The van der Waals surface area contributed by atoms with E-state index in [9.17, 15) is 14.4 Å². The minimum Gasteiger partial charge on any atom is -0.325 e. The van der Waals surface area contributed by atoms with Crippen LogP contribution in [0, 0.1) is 5.92 Å². The fraction of sp³-hybridized carbons (Fsp3) is 0.476. The second kappa shape index (κ2) is 8.39. The van der Waals surface area contributed by atoms with Crippen molar-refractivity contribution in [1.29, 1.82) is 0 Å². The average Bonchev–Trinajstić information content (AvgIpc) is 3.12. The van der Waals surface area contributed by atoms with Gasteiger partial charge in [0, 0.05) is 12.2 Å². The van der Waals surface area contributed by atoms with E-state index >= 15 is 0 Å². The van der Waals surface area contributed by atoms with Gasteiger partial charge in [-0.25, -0.2) is 4.79 Å². The summed E-state index contributed by atoms with van der Waals surface area (Å²) in [5.41, 5.74) is 1.85. The Labute approximate surface area is 170 Å². The van der Waals surface area contributed by atoms with Crippen molar-refractivity contribution in [1.82, 2.24) is 9.80 Å². The lowest BCUT2D eigenvalue weighted by Crippen LogP contribution is -2.63. The number of hydrogen-bond donors (Lipinski definition) is 1. The van der Waals surface area contributed by atoms with Crippen molar-refractivity contribution in [3.8, 4) is 0 Å². The summed E-state index contributed by atoms with van der Waals surface area (Å²) in [7, 11) is 0. The van der Waals surface area contributed by atoms with Gasteiger partial charge in [0.15, 0.2) is 0 Å². The van der Waals surface area contributed by atoms with Crippen molar-refractivity contribution in [3.63, 3.8) is 0 Å². The Kier molecular flexibility index (Phi) is 6.13.